The SMILES string of the molecule is C=CC(C=C)(CO[SiH3])C1CCCCC1. The lowest BCUT2D eigenvalue weighted by Crippen LogP contribution is -2.32. The number of hydrogen-bond acceptors (Lipinski definition) is 1. The van der Waals surface area contributed by atoms with Gasteiger partial charge in [-0.3, -0.25) is 0 Å². The molecule has 1 aliphatic rings. The van der Waals surface area contributed by atoms with Gasteiger partial charge in [0.1, 0.15) is 10.5 Å². The Morgan fingerprint density at radius 1 is 1.21 bits per heavy atom. The molecule has 0 spiro atoms. The van der Waals surface area contributed by atoms with Gasteiger partial charge >= 0.3 is 0 Å². The van der Waals surface area contributed by atoms with E-state index in [1.165, 1.54) is 32.1 Å². The van der Waals surface area contributed by atoms with Gasteiger partial charge in [-0.25, -0.2) is 0 Å². The summed E-state index contributed by atoms with van der Waals surface area (Å²) >= 11 is 0. The molecule has 0 aromatic heterocycles. The fourth-order valence-corrected chi connectivity index (χ4v) is 3.04. The maximum absolute atomic E-state index is 5.44. The summed E-state index contributed by atoms with van der Waals surface area (Å²) in [6, 6.07) is 0. The van der Waals surface area contributed by atoms with Gasteiger partial charge in [0.15, 0.2) is 0 Å². The van der Waals surface area contributed by atoms with Crippen molar-refractivity contribution in [1.29, 1.82) is 0 Å². The van der Waals surface area contributed by atoms with E-state index in [9.17, 15) is 0 Å². The van der Waals surface area contributed by atoms with Gasteiger partial charge in [-0.05, 0) is 18.8 Å². The Hall–Kier alpha value is -0.343. The molecule has 0 unspecified atom stereocenters. The van der Waals surface area contributed by atoms with Crippen LogP contribution in [0.5, 0.6) is 0 Å². The monoisotopic (exact) mass is 210 g/mol. The van der Waals surface area contributed by atoms with Gasteiger partial charge in [0.05, 0.1) is 0 Å². The molecular formula is C12H22OSi. The van der Waals surface area contributed by atoms with Crippen molar-refractivity contribution in [2.45, 2.75) is 32.1 Å². The lowest BCUT2D eigenvalue weighted by molar-refractivity contribution is 0.145. The standard InChI is InChI=1S/C12H22OSi/c1-3-12(4-2,10-13-14)11-8-6-5-7-9-11/h3-4,11H,1-2,5-10H2,14H3. The molecule has 1 rings (SSSR count). The normalized spacial score (nSPS) is 19.4. The summed E-state index contributed by atoms with van der Waals surface area (Å²) in [6.45, 7) is 8.71. The minimum absolute atomic E-state index is 0.0438. The predicted molar refractivity (Wildman–Crippen MR) is 65.3 cm³/mol. The summed E-state index contributed by atoms with van der Waals surface area (Å²) in [5.74, 6) is 0.709. The second-order valence-electron chi connectivity index (χ2n) is 4.29. The maximum atomic E-state index is 5.44. The molecule has 0 saturated heterocycles. The first-order chi connectivity index (χ1) is 6.79. The number of rotatable bonds is 5. The smallest absolute Gasteiger partial charge is 0.146 e. The van der Waals surface area contributed by atoms with E-state index in [1.54, 1.807) is 0 Å². The lowest BCUT2D eigenvalue weighted by atomic mass is 9.69. The zero-order valence-electron chi connectivity index (χ0n) is 9.30. The fourth-order valence-electron chi connectivity index (χ4n) is 2.54. The molecule has 0 aromatic carbocycles. The molecule has 80 valence electrons. The second-order valence-corrected chi connectivity index (χ2v) is 4.87. The molecule has 14 heavy (non-hydrogen) atoms. The summed E-state index contributed by atoms with van der Waals surface area (Å²) in [6.07, 6.45) is 10.8. The topological polar surface area (TPSA) is 9.23 Å². The fraction of sp³-hybridized carbons (Fsp3) is 0.667. The minimum atomic E-state index is 0.0438. The number of hydrogen-bond donors (Lipinski definition) is 0. The summed E-state index contributed by atoms with van der Waals surface area (Å²) in [7, 11) is 0.804. The van der Waals surface area contributed by atoms with Crippen LogP contribution in [0.3, 0.4) is 0 Å². The molecular weight excluding hydrogens is 188 g/mol. The Labute approximate surface area is 90.8 Å². The molecule has 1 nitrogen and oxygen atoms in total. The average molecular weight is 210 g/mol. The molecule has 0 aliphatic heterocycles. The molecule has 1 saturated carbocycles. The van der Waals surface area contributed by atoms with Crippen molar-refractivity contribution in [1.82, 2.24) is 0 Å². The first-order valence-corrected chi connectivity index (χ1v) is 6.37. The first kappa shape index (κ1) is 11.7. The third-order valence-corrected chi connectivity index (χ3v) is 3.81. The van der Waals surface area contributed by atoms with Crippen LogP contribution in [0.1, 0.15) is 32.1 Å². The molecule has 0 aromatic rings. The van der Waals surface area contributed by atoms with E-state index in [0.717, 1.165) is 17.1 Å². The van der Waals surface area contributed by atoms with Gasteiger partial charge in [0, 0.05) is 12.0 Å². The van der Waals surface area contributed by atoms with Crippen LogP contribution < -0.4 is 0 Å². The average Bonchev–Trinajstić information content (AvgIpc) is 2.27. The van der Waals surface area contributed by atoms with E-state index in [-0.39, 0.29) is 5.41 Å². The van der Waals surface area contributed by atoms with E-state index >= 15 is 0 Å². The molecule has 1 aliphatic carbocycles. The van der Waals surface area contributed by atoms with E-state index in [1.807, 2.05) is 12.2 Å². The zero-order chi connectivity index (χ0) is 10.4. The van der Waals surface area contributed by atoms with Crippen LogP contribution in [0.25, 0.3) is 0 Å². The van der Waals surface area contributed by atoms with Gasteiger partial charge in [0.2, 0.25) is 0 Å². The van der Waals surface area contributed by atoms with Gasteiger partial charge in [-0.1, -0.05) is 31.4 Å². The van der Waals surface area contributed by atoms with E-state index < -0.39 is 0 Å². The van der Waals surface area contributed by atoms with E-state index in [0.29, 0.717) is 5.92 Å². The van der Waals surface area contributed by atoms with Crippen LogP contribution in [-0.4, -0.2) is 17.1 Å². The summed E-state index contributed by atoms with van der Waals surface area (Å²) in [4.78, 5) is 0. The van der Waals surface area contributed by atoms with E-state index in [2.05, 4.69) is 13.2 Å². The molecule has 1 fully saturated rings. The van der Waals surface area contributed by atoms with Crippen molar-refractivity contribution in [2.75, 3.05) is 6.61 Å². The van der Waals surface area contributed by atoms with Crippen molar-refractivity contribution in [3.8, 4) is 0 Å². The van der Waals surface area contributed by atoms with Crippen LogP contribution in [0, 0.1) is 11.3 Å². The van der Waals surface area contributed by atoms with Crippen LogP contribution in [0.15, 0.2) is 25.3 Å². The first-order valence-electron chi connectivity index (χ1n) is 5.55. The predicted octanol–water partition coefficient (Wildman–Crippen LogP) is 2.22. The Kier molecular flexibility index (Phi) is 4.62. The van der Waals surface area contributed by atoms with Gasteiger partial charge in [-0.15, -0.1) is 13.2 Å². The molecule has 0 heterocycles. The van der Waals surface area contributed by atoms with Crippen molar-refractivity contribution in [2.24, 2.45) is 11.3 Å². The Bertz CT molecular complexity index is 186. The molecule has 0 N–H and O–H groups in total. The Morgan fingerprint density at radius 2 is 1.79 bits per heavy atom. The molecule has 2 heteroatoms. The molecule has 0 bridgehead atoms. The highest BCUT2D eigenvalue weighted by molar-refractivity contribution is 5.98. The van der Waals surface area contributed by atoms with Gasteiger partial charge in [0.25, 0.3) is 0 Å². The Balaban J connectivity index is 2.72. The van der Waals surface area contributed by atoms with Gasteiger partial charge in [-0.2, -0.15) is 0 Å². The highest BCUT2D eigenvalue weighted by atomic mass is 28.2. The summed E-state index contributed by atoms with van der Waals surface area (Å²) in [5, 5.41) is 0. The molecule has 0 radical (unpaired) electrons. The van der Waals surface area contributed by atoms with Crippen molar-refractivity contribution in [3.63, 3.8) is 0 Å². The quantitative estimate of drug-likeness (QED) is 0.499. The molecule has 0 atom stereocenters. The third-order valence-electron chi connectivity index (χ3n) is 3.52. The van der Waals surface area contributed by atoms with Crippen LogP contribution in [0.2, 0.25) is 0 Å². The summed E-state index contributed by atoms with van der Waals surface area (Å²) in [5.41, 5.74) is 0.0438. The minimum Gasteiger partial charge on any atom is -0.427 e. The second kappa shape index (κ2) is 5.52. The third kappa shape index (κ3) is 2.37. The summed E-state index contributed by atoms with van der Waals surface area (Å²) < 4.78 is 5.44. The largest absolute Gasteiger partial charge is 0.427 e. The highest BCUT2D eigenvalue weighted by Crippen LogP contribution is 2.40. The van der Waals surface area contributed by atoms with Crippen LogP contribution in [0.4, 0.5) is 0 Å². The van der Waals surface area contributed by atoms with Crippen molar-refractivity contribution < 1.29 is 4.43 Å². The van der Waals surface area contributed by atoms with Crippen LogP contribution in [-0.2, 0) is 4.43 Å². The van der Waals surface area contributed by atoms with E-state index in [4.69, 9.17) is 4.43 Å². The Morgan fingerprint density at radius 3 is 2.21 bits per heavy atom. The van der Waals surface area contributed by atoms with Gasteiger partial charge < -0.3 is 4.43 Å². The molecule has 0 amide bonds. The maximum Gasteiger partial charge on any atom is 0.146 e. The van der Waals surface area contributed by atoms with Crippen molar-refractivity contribution >= 4 is 10.5 Å². The van der Waals surface area contributed by atoms with Crippen LogP contribution >= 0.6 is 0 Å². The highest BCUT2D eigenvalue weighted by Gasteiger charge is 2.33. The lowest BCUT2D eigenvalue weighted by Gasteiger charge is -2.38. The zero-order valence-corrected chi connectivity index (χ0v) is 11.3. The van der Waals surface area contributed by atoms with Crippen molar-refractivity contribution in [3.05, 3.63) is 25.3 Å².